The summed E-state index contributed by atoms with van der Waals surface area (Å²) in [5.74, 6) is 0.401. The molecule has 2 fully saturated rings. The van der Waals surface area contributed by atoms with Crippen LogP contribution in [-0.2, 0) is 11.2 Å². The molecule has 1 aromatic heterocycles. The minimum absolute atomic E-state index is 0.0455. The van der Waals surface area contributed by atoms with Crippen molar-refractivity contribution in [3.05, 3.63) is 47.8 Å². The van der Waals surface area contributed by atoms with E-state index >= 15 is 0 Å². The van der Waals surface area contributed by atoms with E-state index in [0.717, 1.165) is 30.5 Å². The summed E-state index contributed by atoms with van der Waals surface area (Å²) < 4.78 is 5.92. The summed E-state index contributed by atoms with van der Waals surface area (Å²) in [6, 6.07) is 8.33. The first-order chi connectivity index (χ1) is 15.9. The smallest absolute Gasteiger partial charge is 0.325 e. The summed E-state index contributed by atoms with van der Waals surface area (Å²) in [7, 11) is 0. The fourth-order valence-corrected chi connectivity index (χ4v) is 4.27. The average Bonchev–Trinajstić information content (AvgIpc) is 3.19. The SMILES string of the molecule is CCc1cnc(OC2CCCN(C(=O)CN3CCN(c4ccc(C(C)C)cc4)C3=O)C2)nc1. The van der Waals surface area contributed by atoms with Gasteiger partial charge in [0.1, 0.15) is 12.6 Å². The number of hydrogen-bond acceptors (Lipinski definition) is 5. The number of rotatable bonds is 7. The quantitative estimate of drug-likeness (QED) is 0.644. The molecule has 0 aliphatic carbocycles. The lowest BCUT2D eigenvalue weighted by molar-refractivity contribution is -0.134. The van der Waals surface area contributed by atoms with Crippen molar-refractivity contribution in [2.75, 3.05) is 37.6 Å². The molecule has 2 saturated heterocycles. The van der Waals surface area contributed by atoms with Crippen molar-refractivity contribution in [2.45, 2.75) is 52.1 Å². The molecule has 2 aromatic rings. The molecular weight excluding hydrogens is 418 g/mol. The third-order valence-electron chi connectivity index (χ3n) is 6.39. The number of amides is 3. The number of piperidine rings is 1. The van der Waals surface area contributed by atoms with Crippen LogP contribution in [0, 0.1) is 0 Å². The number of aromatic nitrogens is 2. The third kappa shape index (κ3) is 5.43. The Labute approximate surface area is 195 Å². The largest absolute Gasteiger partial charge is 0.458 e. The van der Waals surface area contributed by atoms with E-state index in [1.54, 1.807) is 27.1 Å². The van der Waals surface area contributed by atoms with Gasteiger partial charge in [0.05, 0.1) is 6.54 Å². The molecule has 176 valence electrons. The second kappa shape index (κ2) is 10.2. The molecular formula is C25H33N5O3. The molecule has 3 amide bonds. The Morgan fingerprint density at radius 2 is 1.85 bits per heavy atom. The van der Waals surface area contributed by atoms with Crippen LogP contribution in [0.15, 0.2) is 36.7 Å². The van der Waals surface area contributed by atoms with Crippen molar-refractivity contribution >= 4 is 17.6 Å². The molecule has 0 bridgehead atoms. The van der Waals surface area contributed by atoms with E-state index in [9.17, 15) is 9.59 Å². The third-order valence-corrected chi connectivity index (χ3v) is 6.39. The fraction of sp³-hybridized carbons (Fsp3) is 0.520. The number of likely N-dealkylation sites (tertiary alicyclic amines) is 1. The van der Waals surface area contributed by atoms with E-state index < -0.39 is 0 Å². The van der Waals surface area contributed by atoms with Crippen molar-refractivity contribution in [2.24, 2.45) is 0 Å². The first kappa shape index (κ1) is 23.0. The van der Waals surface area contributed by atoms with Crippen LogP contribution in [0.2, 0.25) is 0 Å². The highest BCUT2D eigenvalue weighted by molar-refractivity contribution is 5.96. The van der Waals surface area contributed by atoms with Crippen LogP contribution in [0.1, 0.15) is 50.7 Å². The highest BCUT2D eigenvalue weighted by Crippen LogP contribution is 2.24. The summed E-state index contributed by atoms with van der Waals surface area (Å²) in [5.41, 5.74) is 3.17. The molecule has 0 spiro atoms. The second-order valence-electron chi connectivity index (χ2n) is 9.05. The lowest BCUT2D eigenvalue weighted by atomic mass is 10.0. The minimum Gasteiger partial charge on any atom is -0.458 e. The van der Waals surface area contributed by atoms with Crippen molar-refractivity contribution in [3.63, 3.8) is 0 Å². The normalized spacial score (nSPS) is 18.8. The lowest BCUT2D eigenvalue weighted by Gasteiger charge is -2.33. The van der Waals surface area contributed by atoms with Gasteiger partial charge < -0.3 is 14.5 Å². The van der Waals surface area contributed by atoms with E-state index in [-0.39, 0.29) is 24.6 Å². The van der Waals surface area contributed by atoms with Gasteiger partial charge in [-0.15, -0.1) is 0 Å². The monoisotopic (exact) mass is 451 g/mol. The minimum atomic E-state index is -0.138. The van der Waals surface area contributed by atoms with Gasteiger partial charge in [-0.1, -0.05) is 32.9 Å². The molecule has 4 rings (SSSR count). The molecule has 2 aliphatic rings. The predicted octanol–water partition coefficient (Wildman–Crippen LogP) is 3.47. The van der Waals surface area contributed by atoms with Gasteiger partial charge in [0.25, 0.3) is 0 Å². The molecule has 1 unspecified atom stereocenters. The fourth-order valence-electron chi connectivity index (χ4n) is 4.27. The van der Waals surface area contributed by atoms with Gasteiger partial charge in [0.15, 0.2) is 0 Å². The summed E-state index contributed by atoms with van der Waals surface area (Å²) in [5, 5.41) is 0. The van der Waals surface area contributed by atoms with E-state index in [4.69, 9.17) is 4.74 Å². The number of carbonyl (C=O) groups excluding carboxylic acids is 2. The highest BCUT2D eigenvalue weighted by atomic mass is 16.5. The van der Waals surface area contributed by atoms with E-state index in [1.807, 2.05) is 12.1 Å². The molecule has 8 heteroatoms. The van der Waals surface area contributed by atoms with Crippen LogP contribution in [0.3, 0.4) is 0 Å². The van der Waals surface area contributed by atoms with Gasteiger partial charge in [-0.2, -0.15) is 0 Å². The zero-order valence-corrected chi connectivity index (χ0v) is 19.7. The number of benzene rings is 1. The number of ether oxygens (including phenoxy) is 1. The van der Waals surface area contributed by atoms with Gasteiger partial charge in [-0.3, -0.25) is 9.69 Å². The van der Waals surface area contributed by atoms with Crippen LogP contribution in [0.4, 0.5) is 10.5 Å². The number of anilines is 1. The summed E-state index contributed by atoms with van der Waals surface area (Å²) in [6.07, 6.45) is 5.99. The van der Waals surface area contributed by atoms with E-state index in [0.29, 0.717) is 38.1 Å². The molecule has 0 N–H and O–H groups in total. The Hall–Kier alpha value is -3.16. The summed E-state index contributed by atoms with van der Waals surface area (Å²) in [6.45, 7) is 8.73. The zero-order valence-electron chi connectivity index (χ0n) is 19.7. The average molecular weight is 452 g/mol. The van der Waals surface area contributed by atoms with Crippen molar-refractivity contribution in [3.8, 4) is 6.01 Å². The molecule has 1 atom stereocenters. The van der Waals surface area contributed by atoms with Crippen LogP contribution in [0.25, 0.3) is 0 Å². The lowest BCUT2D eigenvalue weighted by Crippen LogP contribution is -2.48. The number of carbonyl (C=O) groups is 2. The molecule has 8 nitrogen and oxygen atoms in total. The van der Waals surface area contributed by atoms with Gasteiger partial charge in [-0.25, -0.2) is 14.8 Å². The predicted molar refractivity (Wildman–Crippen MR) is 126 cm³/mol. The van der Waals surface area contributed by atoms with Crippen LogP contribution < -0.4 is 9.64 Å². The van der Waals surface area contributed by atoms with Crippen molar-refractivity contribution < 1.29 is 14.3 Å². The number of hydrogen-bond donors (Lipinski definition) is 0. The zero-order chi connectivity index (χ0) is 23.4. The Bertz CT molecular complexity index is 961. The summed E-state index contributed by atoms with van der Waals surface area (Å²) >= 11 is 0. The molecule has 2 aliphatic heterocycles. The van der Waals surface area contributed by atoms with Gasteiger partial charge >= 0.3 is 12.0 Å². The van der Waals surface area contributed by atoms with Gasteiger partial charge in [0.2, 0.25) is 5.91 Å². The number of urea groups is 1. The van der Waals surface area contributed by atoms with Crippen LogP contribution in [-0.4, -0.2) is 70.5 Å². The van der Waals surface area contributed by atoms with Crippen molar-refractivity contribution in [1.29, 1.82) is 0 Å². The Morgan fingerprint density at radius 3 is 2.52 bits per heavy atom. The molecule has 0 radical (unpaired) electrons. The molecule has 1 aromatic carbocycles. The molecule has 0 saturated carbocycles. The Balaban J connectivity index is 1.31. The van der Waals surface area contributed by atoms with Crippen molar-refractivity contribution in [1.82, 2.24) is 19.8 Å². The summed E-state index contributed by atoms with van der Waals surface area (Å²) in [4.78, 5) is 39.6. The molecule has 3 heterocycles. The second-order valence-corrected chi connectivity index (χ2v) is 9.05. The Kier molecular flexibility index (Phi) is 7.11. The topological polar surface area (TPSA) is 78.9 Å². The number of aryl methyl sites for hydroxylation is 1. The molecule has 33 heavy (non-hydrogen) atoms. The maximum absolute atomic E-state index is 13.0. The van der Waals surface area contributed by atoms with Crippen LogP contribution >= 0.6 is 0 Å². The number of nitrogens with zero attached hydrogens (tertiary/aromatic N) is 5. The maximum atomic E-state index is 13.0. The first-order valence-corrected chi connectivity index (χ1v) is 11.9. The van der Waals surface area contributed by atoms with E-state index in [1.165, 1.54) is 5.56 Å². The highest BCUT2D eigenvalue weighted by Gasteiger charge is 2.33. The van der Waals surface area contributed by atoms with E-state index in [2.05, 4.69) is 42.9 Å². The Morgan fingerprint density at radius 1 is 1.12 bits per heavy atom. The maximum Gasteiger partial charge on any atom is 0.325 e. The van der Waals surface area contributed by atoms with Crippen LogP contribution in [0.5, 0.6) is 6.01 Å². The van der Waals surface area contributed by atoms with Gasteiger partial charge in [-0.05, 0) is 48.4 Å². The van der Waals surface area contributed by atoms with Gasteiger partial charge in [0, 0.05) is 37.7 Å². The first-order valence-electron chi connectivity index (χ1n) is 11.9. The standard InChI is InChI=1S/C25H33N5O3/c1-4-19-14-26-24(27-15-19)33-22-6-5-11-28(16-22)23(31)17-29-12-13-30(25(29)32)21-9-7-20(8-10-21)18(2)3/h7-10,14-15,18,22H,4-6,11-13,16-17H2,1-3H3.